The summed E-state index contributed by atoms with van der Waals surface area (Å²) in [4.78, 5) is 24.1. The number of carbonyl (C=O) groups is 1. The number of esters is 1. The van der Waals surface area contributed by atoms with Gasteiger partial charge in [0.15, 0.2) is 16.8 Å². The summed E-state index contributed by atoms with van der Waals surface area (Å²) in [6.45, 7) is 2.47. The van der Waals surface area contributed by atoms with E-state index in [0.717, 1.165) is 12.8 Å². The van der Waals surface area contributed by atoms with Crippen molar-refractivity contribution in [1.82, 2.24) is 14.3 Å². The lowest BCUT2D eigenvalue weighted by atomic mass is 10.2. The molecule has 0 aromatic carbocycles. The van der Waals surface area contributed by atoms with Crippen LogP contribution in [0.25, 0.3) is 11.0 Å². The molecule has 2 aromatic rings. The first kappa shape index (κ1) is 14.1. The number of ether oxygens (including phenoxy) is 1. The number of aromatic hydroxyl groups is 1. The zero-order valence-corrected chi connectivity index (χ0v) is 11.7. The number of pyridine rings is 1. The van der Waals surface area contributed by atoms with Gasteiger partial charge in [0.1, 0.15) is 0 Å². The maximum Gasteiger partial charge on any atom is 0.347 e. The Morgan fingerprint density at radius 3 is 2.80 bits per heavy atom. The first-order chi connectivity index (χ1) is 9.51. The number of methoxy groups -OCH3 is 1. The predicted octanol–water partition coefficient (Wildman–Crippen LogP) is 1.03. The molecule has 0 aliphatic heterocycles. The molecule has 0 atom stereocenters. The van der Waals surface area contributed by atoms with Gasteiger partial charge in [-0.3, -0.25) is 9.48 Å². The van der Waals surface area contributed by atoms with Gasteiger partial charge in [-0.1, -0.05) is 13.3 Å². The third-order valence-electron chi connectivity index (χ3n) is 3.15. The predicted molar refractivity (Wildman–Crippen MR) is 72.9 cm³/mol. The second kappa shape index (κ2) is 5.36. The molecule has 0 saturated carbocycles. The van der Waals surface area contributed by atoms with Crippen LogP contribution >= 0.6 is 0 Å². The maximum absolute atomic E-state index is 12.4. The Bertz CT molecular complexity index is 714. The largest absolute Gasteiger partial charge is 0.505 e. The van der Waals surface area contributed by atoms with Gasteiger partial charge >= 0.3 is 5.97 Å². The first-order valence-electron chi connectivity index (χ1n) is 6.38. The van der Waals surface area contributed by atoms with Crippen molar-refractivity contribution in [2.24, 2.45) is 7.05 Å². The third-order valence-corrected chi connectivity index (χ3v) is 3.15. The Hall–Kier alpha value is -2.31. The van der Waals surface area contributed by atoms with Crippen molar-refractivity contribution < 1.29 is 14.6 Å². The number of aromatic nitrogens is 3. The molecule has 0 amide bonds. The van der Waals surface area contributed by atoms with Gasteiger partial charge in [0.2, 0.25) is 0 Å². The number of unbranched alkanes of at least 4 members (excludes halogenated alkanes) is 1. The quantitative estimate of drug-likeness (QED) is 0.845. The lowest BCUT2D eigenvalue weighted by Crippen LogP contribution is -2.27. The Kier molecular flexibility index (Phi) is 3.78. The van der Waals surface area contributed by atoms with Crippen LogP contribution in [0.3, 0.4) is 0 Å². The van der Waals surface area contributed by atoms with E-state index in [-0.39, 0.29) is 11.1 Å². The van der Waals surface area contributed by atoms with E-state index in [0.29, 0.717) is 12.1 Å². The lowest BCUT2D eigenvalue weighted by molar-refractivity contribution is 0.0595. The van der Waals surface area contributed by atoms with E-state index in [2.05, 4.69) is 9.84 Å². The summed E-state index contributed by atoms with van der Waals surface area (Å²) in [6, 6.07) is 0. The minimum atomic E-state index is -0.856. The fourth-order valence-electron chi connectivity index (χ4n) is 2.13. The molecule has 0 unspecified atom stereocenters. The van der Waals surface area contributed by atoms with E-state index in [1.807, 2.05) is 6.92 Å². The molecule has 1 N–H and O–H groups in total. The summed E-state index contributed by atoms with van der Waals surface area (Å²) < 4.78 is 7.52. The van der Waals surface area contributed by atoms with E-state index in [1.165, 1.54) is 16.4 Å². The van der Waals surface area contributed by atoms with Gasteiger partial charge in [-0.15, -0.1) is 0 Å². The zero-order chi connectivity index (χ0) is 14.9. The normalized spacial score (nSPS) is 10.9. The molecule has 108 valence electrons. The molecule has 0 saturated heterocycles. The number of nitrogens with zero attached hydrogens (tertiary/aromatic N) is 3. The van der Waals surface area contributed by atoms with Crippen LogP contribution in [0.5, 0.6) is 5.75 Å². The zero-order valence-electron chi connectivity index (χ0n) is 11.7. The Labute approximate surface area is 115 Å². The van der Waals surface area contributed by atoms with Crippen molar-refractivity contribution in [2.45, 2.75) is 26.3 Å². The van der Waals surface area contributed by atoms with Crippen LogP contribution in [0.4, 0.5) is 0 Å². The number of carbonyl (C=O) groups excluding carboxylic acids is 1. The Morgan fingerprint density at radius 2 is 2.20 bits per heavy atom. The van der Waals surface area contributed by atoms with E-state index in [1.54, 1.807) is 13.2 Å². The number of hydrogen-bond acceptors (Lipinski definition) is 5. The topological polar surface area (TPSA) is 86.3 Å². The molecule has 0 bridgehead atoms. The Morgan fingerprint density at radius 1 is 1.50 bits per heavy atom. The molecule has 20 heavy (non-hydrogen) atoms. The van der Waals surface area contributed by atoms with E-state index in [9.17, 15) is 14.7 Å². The van der Waals surface area contributed by atoms with Crippen LogP contribution in [-0.2, 0) is 18.3 Å². The van der Waals surface area contributed by atoms with Crippen LogP contribution in [0, 0.1) is 0 Å². The van der Waals surface area contributed by atoms with Gasteiger partial charge in [0.25, 0.3) is 5.56 Å². The van der Waals surface area contributed by atoms with Gasteiger partial charge in [-0.2, -0.15) is 5.10 Å². The van der Waals surface area contributed by atoms with Crippen molar-refractivity contribution in [1.29, 1.82) is 0 Å². The number of hydrogen-bond donors (Lipinski definition) is 1. The fraction of sp³-hybridized carbons (Fsp3) is 0.462. The first-order valence-corrected chi connectivity index (χ1v) is 6.38. The highest BCUT2D eigenvalue weighted by atomic mass is 16.5. The Balaban J connectivity index is 2.80. The molecule has 0 spiro atoms. The number of aryl methyl sites for hydroxylation is 2. The van der Waals surface area contributed by atoms with Crippen LogP contribution in [0.15, 0.2) is 11.0 Å². The smallest absolute Gasteiger partial charge is 0.347 e. The standard InChI is InChI=1S/C13H17N3O4/c1-4-5-6-16-8-7-15(2)14-10(8)11(17)9(12(16)18)13(19)20-3/h7,17H,4-6H2,1-3H3. The number of rotatable bonds is 4. The third kappa shape index (κ3) is 2.15. The molecule has 0 aliphatic rings. The molecule has 2 rings (SSSR count). The average Bonchev–Trinajstić information content (AvgIpc) is 2.80. The van der Waals surface area contributed by atoms with Crippen molar-refractivity contribution in [3.63, 3.8) is 0 Å². The van der Waals surface area contributed by atoms with Crippen LogP contribution in [-0.4, -0.2) is 32.5 Å². The van der Waals surface area contributed by atoms with Crippen molar-refractivity contribution >= 4 is 17.0 Å². The van der Waals surface area contributed by atoms with Crippen molar-refractivity contribution in [3.8, 4) is 5.75 Å². The maximum atomic E-state index is 12.4. The van der Waals surface area contributed by atoms with Crippen molar-refractivity contribution in [2.75, 3.05) is 7.11 Å². The second-order valence-corrected chi connectivity index (χ2v) is 4.56. The summed E-state index contributed by atoms with van der Waals surface area (Å²) >= 11 is 0. The lowest BCUT2D eigenvalue weighted by Gasteiger charge is -2.10. The summed E-state index contributed by atoms with van der Waals surface area (Å²) in [5.41, 5.74) is -0.183. The van der Waals surface area contributed by atoms with Crippen LogP contribution in [0.2, 0.25) is 0 Å². The van der Waals surface area contributed by atoms with Gasteiger partial charge in [0.05, 0.1) is 12.6 Å². The molecular formula is C13H17N3O4. The minimum Gasteiger partial charge on any atom is -0.505 e. The number of fused-ring (bicyclic) bond motifs is 1. The second-order valence-electron chi connectivity index (χ2n) is 4.56. The highest BCUT2D eigenvalue weighted by Gasteiger charge is 2.24. The van der Waals surface area contributed by atoms with Crippen LogP contribution < -0.4 is 5.56 Å². The fourth-order valence-corrected chi connectivity index (χ4v) is 2.13. The molecule has 0 fully saturated rings. The van der Waals surface area contributed by atoms with Gasteiger partial charge in [-0.25, -0.2) is 4.79 Å². The molecular weight excluding hydrogens is 262 g/mol. The summed E-state index contributed by atoms with van der Waals surface area (Å²) in [6.07, 6.45) is 3.34. The molecule has 0 aliphatic carbocycles. The van der Waals surface area contributed by atoms with E-state index < -0.39 is 17.3 Å². The molecule has 7 nitrogen and oxygen atoms in total. The van der Waals surface area contributed by atoms with Gasteiger partial charge < -0.3 is 14.4 Å². The summed E-state index contributed by atoms with van der Waals surface area (Å²) in [5, 5.41) is 14.2. The van der Waals surface area contributed by atoms with Crippen LogP contribution in [0.1, 0.15) is 30.1 Å². The summed E-state index contributed by atoms with van der Waals surface area (Å²) in [7, 11) is 2.85. The van der Waals surface area contributed by atoms with E-state index >= 15 is 0 Å². The minimum absolute atomic E-state index is 0.226. The van der Waals surface area contributed by atoms with Gasteiger partial charge in [-0.05, 0) is 6.42 Å². The molecule has 0 radical (unpaired) electrons. The monoisotopic (exact) mass is 279 g/mol. The molecule has 2 aromatic heterocycles. The molecule has 7 heteroatoms. The highest BCUT2D eigenvalue weighted by Crippen LogP contribution is 2.25. The van der Waals surface area contributed by atoms with Crippen molar-refractivity contribution in [3.05, 3.63) is 22.1 Å². The summed E-state index contributed by atoms with van der Waals surface area (Å²) in [5.74, 6) is -1.28. The average molecular weight is 279 g/mol. The molecule has 2 heterocycles. The van der Waals surface area contributed by atoms with Gasteiger partial charge in [0, 0.05) is 19.8 Å². The SMILES string of the molecule is CCCCn1c(=O)c(C(=O)OC)c(O)c2nn(C)cc21. The van der Waals surface area contributed by atoms with E-state index in [4.69, 9.17) is 0 Å². The highest BCUT2D eigenvalue weighted by molar-refractivity contribution is 5.98.